The minimum Gasteiger partial charge on any atom is -0.369 e. The molecule has 0 saturated carbocycles. The highest BCUT2D eigenvalue weighted by Gasteiger charge is 2.18. The largest absolute Gasteiger partial charge is 0.369 e. The van der Waals surface area contributed by atoms with Crippen LogP contribution in [0.1, 0.15) is 35.0 Å². The van der Waals surface area contributed by atoms with Crippen LogP contribution in [0.25, 0.3) is 0 Å². The maximum Gasteiger partial charge on any atom is 0.261 e. The number of piperazine rings is 1. The molecular formula is C23H32N4O2S. The monoisotopic (exact) mass is 428 g/mol. The number of aryl methyl sites for hydroxylation is 1. The Morgan fingerprint density at radius 1 is 1.10 bits per heavy atom. The van der Waals surface area contributed by atoms with Crippen molar-refractivity contribution in [3.8, 4) is 0 Å². The number of carbonyl (C=O) groups excluding carboxylic acids is 2. The second-order valence-electron chi connectivity index (χ2n) is 7.84. The van der Waals surface area contributed by atoms with E-state index in [1.54, 1.807) is 13.0 Å². The number of anilines is 1. The fraction of sp³-hybridized carbons (Fsp3) is 0.478. The van der Waals surface area contributed by atoms with E-state index in [1.807, 2.05) is 11.4 Å². The van der Waals surface area contributed by atoms with Gasteiger partial charge in [-0.3, -0.25) is 14.5 Å². The Hall–Kier alpha value is -2.38. The second-order valence-corrected chi connectivity index (χ2v) is 8.79. The predicted molar refractivity (Wildman–Crippen MR) is 123 cm³/mol. The van der Waals surface area contributed by atoms with E-state index in [4.69, 9.17) is 0 Å². The SMILES string of the molecule is Cc1cccc(N2CCN(CCCCNC(=O)C(C)NC(=O)c3cccs3)CC2)c1. The van der Waals surface area contributed by atoms with Gasteiger partial charge in [0.15, 0.2) is 0 Å². The zero-order valence-corrected chi connectivity index (χ0v) is 18.7. The molecule has 0 bridgehead atoms. The number of carbonyl (C=O) groups is 2. The quantitative estimate of drug-likeness (QED) is 0.603. The summed E-state index contributed by atoms with van der Waals surface area (Å²) < 4.78 is 0. The first kappa shape index (κ1) is 22.3. The lowest BCUT2D eigenvalue weighted by molar-refractivity contribution is -0.122. The minimum atomic E-state index is -0.533. The predicted octanol–water partition coefficient (Wildman–Crippen LogP) is 2.89. The highest BCUT2D eigenvalue weighted by Crippen LogP contribution is 2.17. The van der Waals surface area contributed by atoms with E-state index in [0.717, 1.165) is 45.6 Å². The third kappa shape index (κ3) is 6.57. The van der Waals surface area contributed by atoms with E-state index in [0.29, 0.717) is 11.4 Å². The first-order valence-corrected chi connectivity index (χ1v) is 11.6. The maximum absolute atomic E-state index is 12.2. The molecule has 162 valence electrons. The summed E-state index contributed by atoms with van der Waals surface area (Å²) >= 11 is 1.37. The number of nitrogens with zero attached hydrogens (tertiary/aromatic N) is 2. The van der Waals surface area contributed by atoms with Crippen LogP contribution in [0.2, 0.25) is 0 Å². The van der Waals surface area contributed by atoms with Crippen LogP contribution in [0.3, 0.4) is 0 Å². The standard InChI is InChI=1S/C23H32N4O2S/c1-18-7-5-8-20(17-18)27-14-12-26(13-15-27)11-4-3-10-24-22(28)19(2)25-23(29)21-9-6-16-30-21/h5-9,16-17,19H,3-4,10-15H2,1-2H3,(H,24,28)(H,25,29). The number of nitrogens with one attached hydrogen (secondary N) is 2. The first-order chi connectivity index (χ1) is 14.5. The molecule has 30 heavy (non-hydrogen) atoms. The van der Waals surface area contributed by atoms with Gasteiger partial charge in [-0.1, -0.05) is 18.2 Å². The molecule has 7 heteroatoms. The molecule has 0 radical (unpaired) electrons. The smallest absolute Gasteiger partial charge is 0.261 e. The number of thiophene rings is 1. The molecule has 0 spiro atoms. The molecule has 3 rings (SSSR count). The summed E-state index contributed by atoms with van der Waals surface area (Å²) in [6, 6.07) is 11.8. The van der Waals surface area contributed by atoms with Crippen LogP contribution in [0.4, 0.5) is 5.69 Å². The highest BCUT2D eigenvalue weighted by atomic mass is 32.1. The Bertz CT molecular complexity index is 816. The zero-order valence-electron chi connectivity index (χ0n) is 17.9. The second kappa shape index (κ2) is 11.1. The molecule has 2 N–H and O–H groups in total. The van der Waals surface area contributed by atoms with Crippen molar-refractivity contribution >= 4 is 28.8 Å². The van der Waals surface area contributed by atoms with Crippen LogP contribution in [-0.4, -0.2) is 62.0 Å². The molecule has 1 saturated heterocycles. The van der Waals surface area contributed by atoms with Crippen LogP contribution in [0, 0.1) is 6.92 Å². The molecule has 1 aliphatic heterocycles. The molecule has 1 unspecified atom stereocenters. The first-order valence-electron chi connectivity index (χ1n) is 10.7. The number of hydrogen-bond acceptors (Lipinski definition) is 5. The van der Waals surface area contributed by atoms with E-state index in [-0.39, 0.29) is 11.8 Å². The molecule has 2 amide bonds. The molecule has 1 aromatic heterocycles. The molecule has 1 fully saturated rings. The zero-order chi connectivity index (χ0) is 21.3. The average molecular weight is 429 g/mol. The van der Waals surface area contributed by atoms with Gasteiger partial charge in [0.1, 0.15) is 6.04 Å². The van der Waals surface area contributed by atoms with Gasteiger partial charge >= 0.3 is 0 Å². The van der Waals surface area contributed by atoms with Crippen molar-refractivity contribution in [2.75, 3.05) is 44.2 Å². The van der Waals surface area contributed by atoms with Gasteiger partial charge in [-0.05, 0) is 62.4 Å². The third-order valence-corrected chi connectivity index (χ3v) is 6.29. The Balaban J connectivity index is 1.26. The lowest BCUT2D eigenvalue weighted by atomic mass is 10.2. The lowest BCUT2D eigenvalue weighted by Crippen LogP contribution is -2.47. The summed E-state index contributed by atoms with van der Waals surface area (Å²) in [6.45, 7) is 9.82. The molecule has 0 aliphatic carbocycles. The minimum absolute atomic E-state index is 0.133. The molecular weight excluding hydrogens is 396 g/mol. The van der Waals surface area contributed by atoms with E-state index in [1.165, 1.54) is 22.6 Å². The number of amides is 2. The number of benzene rings is 1. The van der Waals surface area contributed by atoms with E-state index >= 15 is 0 Å². The van der Waals surface area contributed by atoms with Crippen molar-refractivity contribution in [1.82, 2.24) is 15.5 Å². The van der Waals surface area contributed by atoms with Gasteiger partial charge in [-0.2, -0.15) is 0 Å². The normalized spacial score (nSPS) is 15.6. The number of unbranched alkanes of at least 4 members (excludes halogenated alkanes) is 1. The summed E-state index contributed by atoms with van der Waals surface area (Å²) in [5.41, 5.74) is 2.62. The fourth-order valence-electron chi connectivity index (χ4n) is 3.62. The Morgan fingerprint density at radius 2 is 1.90 bits per heavy atom. The Morgan fingerprint density at radius 3 is 2.60 bits per heavy atom. The van der Waals surface area contributed by atoms with Crippen LogP contribution < -0.4 is 15.5 Å². The van der Waals surface area contributed by atoms with Crippen LogP contribution in [0.15, 0.2) is 41.8 Å². The van der Waals surface area contributed by atoms with Crippen molar-refractivity contribution < 1.29 is 9.59 Å². The highest BCUT2D eigenvalue weighted by molar-refractivity contribution is 7.12. The molecule has 2 heterocycles. The van der Waals surface area contributed by atoms with E-state index in [9.17, 15) is 9.59 Å². The summed E-state index contributed by atoms with van der Waals surface area (Å²) in [6.07, 6.45) is 2.00. The van der Waals surface area contributed by atoms with E-state index in [2.05, 4.69) is 51.6 Å². The number of rotatable bonds is 9. The fourth-order valence-corrected chi connectivity index (χ4v) is 4.25. The lowest BCUT2D eigenvalue weighted by Gasteiger charge is -2.36. The van der Waals surface area contributed by atoms with Crippen LogP contribution in [-0.2, 0) is 4.79 Å². The van der Waals surface area contributed by atoms with Crippen molar-refractivity contribution in [3.63, 3.8) is 0 Å². The molecule has 1 aromatic carbocycles. The number of hydrogen-bond donors (Lipinski definition) is 2. The molecule has 6 nitrogen and oxygen atoms in total. The van der Waals surface area contributed by atoms with Crippen molar-refractivity contribution in [2.24, 2.45) is 0 Å². The van der Waals surface area contributed by atoms with Gasteiger partial charge in [0.25, 0.3) is 5.91 Å². The molecule has 2 aromatic rings. The molecule has 1 atom stereocenters. The maximum atomic E-state index is 12.2. The summed E-state index contributed by atoms with van der Waals surface area (Å²) in [7, 11) is 0. The summed E-state index contributed by atoms with van der Waals surface area (Å²) in [5, 5.41) is 7.52. The van der Waals surface area contributed by atoms with Crippen LogP contribution in [0.5, 0.6) is 0 Å². The third-order valence-electron chi connectivity index (χ3n) is 5.43. The van der Waals surface area contributed by atoms with Crippen molar-refractivity contribution in [3.05, 3.63) is 52.2 Å². The summed E-state index contributed by atoms with van der Waals surface area (Å²) in [5.74, 6) is -0.330. The van der Waals surface area contributed by atoms with Gasteiger partial charge in [-0.15, -0.1) is 11.3 Å². The van der Waals surface area contributed by atoms with Gasteiger partial charge in [0, 0.05) is 38.4 Å². The average Bonchev–Trinajstić information content (AvgIpc) is 3.29. The topological polar surface area (TPSA) is 64.7 Å². The summed E-state index contributed by atoms with van der Waals surface area (Å²) in [4.78, 5) is 29.8. The Labute approximate surface area is 183 Å². The van der Waals surface area contributed by atoms with Gasteiger partial charge in [-0.25, -0.2) is 0 Å². The van der Waals surface area contributed by atoms with Crippen LogP contribution >= 0.6 is 11.3 Å². The van der Waals surface area contributed by atoms with Crippen molar-refractivity contribution in [2.45, 2.75) is 32.7 Å². The molecule has 1 aliphatic rings. The van der Waals surface area contributed by atoms with E-state index < -0.39 is 6.04 Å². The van der Waals surface area contributed by atoms with Gasteiger partial charge < -0.3 is 15.5 Å². The van der Waals surface area contributed by atoms with Gasteiger partial charge in [0.2, 0.25) is 5.91 Å². The Kier molecular flexibility index (Phi) is 8.28. The van der Waals surface area contributed by atoms with Crippen molar-refractivity contribution in [1.29, 1.82) is 0 Å². The van der Waals surface area contributed by atoms with Gasteiger partial charge in [0.05, 0.1) is 4.88 Å².